The molecule has 0 atom stereocenters. The van der Waals surface area contributed by atoms with E-state index in [1.807, 2.05) is 6.07 Å². The Bertz CT molecular complexity index is 880. The van der Waals surface area contributed by atoms with Gasteiger partial charge in [0.05, 0.1) is 0 Å². The van der Waals surface area contributed by atoms with Crippen molar-refractivity contribution in [1.29, 1.82) is 0 Å². The van der Waals surface area contributed by atoms with Gasteiger partial charge in [-0.05, 0) is 57.1 Å². The summed E-state index contributed by atoms with van der Waals surface area (Å²) in [6.45, 7) is 4.02. The highest BCUT2D eigenvalue weighted by molar-refractivity contribution is 7.89. The van der Waals surface area contributed by atoms with Crippen LogP contribution in [0, 0.1) is 0 Å². The van der Waals surface area contributed by atoms with Crippen LogP contribution in [0.1, 0.15) is 29.0 Å². The lowest BCUT2D eigenvalue weighted by molar-refractivity contribution is 0.0723. The Hall–Kier alpha value is -2.16. The molecule has 1 amide bonds. The van der Waals surface area contributed by atoms with Gasteiger partial charge in [0.15, 0.2) is 5.76 Å². The predicted octanol–water partition coefficient (Wildman–Crippen LogP) is 1.97. The average molecular weight is 406 g/mol. The largest absolute Gasteiger partial charge is 0.438 e. The molecular formula is C20H27N3O4S. The summed E-state index contributed by atoms with van der Waals surface area (Å²) in [5, 5.41) is -0.240. The number of amides is 1. The molecule has 28 heavy (non-hydrogen) atoms. The maximum Gasteiger partial charge on any atom is 0.289 e. The van der Waals surface area contributed by atoms with Crippen molar-refractivity contribution < 1.29 is 17.6 Å². The molecule has 1 aliphatic rings. The number of nitrogens with one attached hydrogen (secondary N) is 1. The fourth-order valence-electron chi connectivity index (χ4n) is 3.39. The van der Waals surface area contributed by atoms with E-state index in [0.29, 0.717) is 13.1 Å². The van der Waals surface area contributed by atoms with Gasteiger partial charge in [-0.3, -0.25) is 4.79 Å². The number of benzene rings is 1. The zero-order valence-electron chi connectivity index (χ0n) is 16.1. The Balaban J connectivity index is 1.51. The van der Waals surface area contributed by atoms with Crippen LogP contribution >= 0.6 is 0 Å². The number of carbonyl (C=O) groups is 1. The molecule has 1 saturated heterocycles. The number of nitrogens with zero attached hydrogens (tertiary/aromatic N) is 2. The summed E-state index contributed by atoms with van der Waals surface area (Å²) in [6, 6.07) is 13.2. The SMILES string of the molecule is CNS(=O)(=O)c1ccc(C(=O)N2CCCN(CCCc3ccccc3)CC2)o1. The van der Waals surface area contributed by atoms with Crippen molar-refractivity contribution in [3.05, 3.63) is 53.8 Å². The topological polar surface area (TPSA) is 82.9 Å². The van der Waals surface area contributed by atoms with Gasteiger partial charge in [0.25, 0.3) is 15.9 Å². The van der Waals surface area contributed by atoms with E-state index >= 15 is 0 Å². The Morgan fingerprint density at radius 2 is 1.86 bits per heavy atom. The van der Waals surface area contributed by atoms with Crippen LogP contribution in [0.15, 0.2) is 52.0 Å². The van der Waals surface area contributed by atoms with Gasteiger partial charge < -0.3 is 14.2 Å². The van der Waals surface area contributed by atoms with Gasteiger partial charge in [-0.2, -0.15) is 0 Å². The monoisotopic (exact) mass is 405 g/mol. The first kappa shape index (κ1) is 20.6. The third-order valence-electron chi connectivity index (χ3n) is 4.98. The van der Waals surface area contributed by atoms with Gasteiger partial charge in [0.2, 0.25) is 5.09 Å². The Morgan fingerprint density at radius 3 is 2.61 bits per heavy atom. The Labute approximate surface area is 166 Å². The van der Waals surface area contributed by atoms with Crippen molar-refractivity contribution in [3.8, 4) is 0 Å². The van der Waals surface area contributed by atoms with Crippen LogP contribution in [0.4, 0.5) is 0 Å². The first-order valence-electron chi connectivity index (χ1n) is 9.58. The number of rotatable bonds is 7. The lowest BCUT2D eigenvalue weighted by atomic mass is 10.1. The third kappa shape index (κ3) is 5.21. The summed E-state index contributed by atoms with van der Waals surface area (Å²) in [6.07, 6.45) is 3.02. The van der Waals surface area contributed by atoms with Crippen LogP contribution in [0.25, 0.3) is 0 Å². The molecule has 3 rings (SSSR count). The lowest BCUT2D eigenvalue weighted by Gasteiger charge is -2.21. The molecule has 1 aromatic carbocycles. The van der Waals surface area contributed by atoms with E-state index in [9.17, 15) is 13.2 Å². The quantitative estimate of drug-likeness (QED) is 0.762. The second-order valence-electron chi connectivity index (χ2n) is 6.90. The molecular weight excluding hydrogens is 378 g/mol. The van der Waals surface area contributed by atoms with Crippen LogP contribution in [-0.4, -0.2) is 63.9 Å². The average Bonchev–Trinajstić information content (AvgIpc) is 3.10. The number of aryl methyl sites for hydroxylation is 1. The first-order valence-corrected chi connectivity index (χ1v) is 11.1. The van der Waals surface area contributed by atoms with Crippen LogP contribution < -0.4 is 4.72 Å². The minimum atomic E-state index is -3.69. The number of furan rings is 1. The van der Waals surface area contributed by atoms with Crippen LogP contribution in [-0.2, 0) is 16.4 Å². The molecule has 0 spiro atoms. The summed E-state index contributed by atoms with van der Waals surface area (Å²) < 4.78 is 31.0. The molecule has 0 bridgehead atoms. The van der Waals surface area contributed by atoms with E-state index in [4.69, 9.17) is 4.42 Å². The van der Waals surface area contributed by atoms with Crippen molar-refractivity contribution in [2.45, 2.75) is 24.4 Å². The molecule has 1 aliphatic heterocycles. The summed E-state index contributed by atoms with van der Waals surface area (Å²) in [5.74, 6) is -0.199. The standard InChI is InChI=1S/C20H27N3O4S/c1-21-28(25,26)19-11-10-18(27-19)20(24)23-14-6-13-22(15-16-23)12-5-9-17-7-3-2-4-8-17/h2-4,7-8,10-11,21H,5-6,9,12-16H2,1H3. The van der Waals surface area contributed by atoms with Crippen LogP contribution in [0.2, 0.25) is 0 Å². The normalized spacial score (nSPS) is 16.1. The highest BCUT2D eigenvalue weighted by atomic mass is 32.2. The molecule has 2 aromatic rings. The van der Waals surface area contributed by atoms with E-state index < -0.39 is 10.0 Å². The fourth-order valence-corrected chi connectivity index (χ4v) is 4.03. The number of sulfonamides is 1. The van der Waals surface area contributed by atoms with Crippen molar-refractivity contribution in [3.63, 3.8) is 0 Å². The fraction of sp³-hybridized carbons (Fsp3) is 0.450. The van der Waals surface area contributed by atoms with E-state index in [2.05, 4.69) is 33.9 Å². The maximum absolute atomic E-state index is 12.7. The molecule has 1 N–H and O–H groups in total. The van der Waals surface area contributed by atoms with Crippen molar-refractivity contribution >= 4 is 15.9 Å². The molecule has 152 valence electrons. The van der Waals surface area contributed by atoms with Gasteiger partial charge in [-0.25, -0.2) is 13.1 Å². The molecule has 0 unspecified atom stereocenters. The third-order valence-corrected chi connectivity index (χ3v) is 6.27. The second kappa shape index (κ2) is 9.36. The highest BCUT2D eigenvalue weighted by Crippen LogP contribution is 2.16. The van der Waals surface area contributed by atoms with Crippen LogP contribution in [0.3, 0.4) is 0 Å². The van der Waals surface area contributed by atoms with Crippen LogP contribution in [0.5, 0.6) is 0 Å². The van der Waals surface area contributed by atoms with Gasteiger partial charge >= 0.3 is 0 Å². The van der Waals surface area contributed by atoms with Crippen molar-refractivity contribution in [1.82, 2.24) is 14.5 Å². The van der Waals surface area contributed by atoms with Gasteiger partial charge in [-0.1, -0.05) is 30.3 Å². The first-order chi connectivity index (χ1) is 13.5. The highest BCUT2D eigenvalue weighted by Gasteiger charge is 2.25. The van der Waals surface area contributed by atoms with Crippen molar-refractivity contribution in [2.75, 3.05) is 39.8 Å². The minimum absolute atomic E-state index is 0.0614. The molecule has 0 aliphatic carbocycles. The molecule has 0 radical (unpaired) electrons. The summed E-state index contributed by atoms with van der Waals surface area (Å²) in [4.78, 5) is 16.8. The molecule has 2 heterocycles. The maximum atomic E-state index is 12.7. The lowest BCUT2D eigenvalue weighted by Crippen LogP contribution is -2.35. The number of hydrogen-bond acceptors (Lipinski definition) is 5. The zero-order chi connectivity index (χ0) is 20.0. The van der Waals surface area contributed by atoms with Crippen molar-refractivity contribution in [2.24, 2.45) is 0 Å². The van der Waals surface area contributed by atoms with Gasteiger partial charge in [-0.15, -0.1) is 0 Å². The van der Waals surface area contributed by atoms with Gasteiger partial charge in [0.1, 0.15) is 0 Å². The second-order valence-corrected chi connectivity index (χ2v) is 8.72. The smallest absolute Gasteiger partial charge is 0.289 e. The van der Waals surface area contributed by atoms with E-state index in [-0.39, 0.29) is 16.8 Å². The predicted molar refractivity (Wildman–Crippen MR) is 107 cm³/mol. The van der Waals surface area contributed by atoms with E-state index in [1.54, 1.807) is 4.90 Å². The van der Waals surface area contributed by atoms with E-state index in [1.165, 1.54) is 24.7 Å². The molecule has 0 saturated carbocycles. The summed E-state index contributed by atoms with van der Waals surface area (Å²) in [5.41, 5.74) is 1.35. The summed E-state index contributed by atoms with van der Waals surface area (Å²) in [7, 11) is -2.38. The number of carbonyl (C=O) groups excluding carboxylic acids is 1. The van der Waals surface area contributed by atoms with Gasteiger partial charge in [0, 0.05) is 19.6 Å². The molecule has 1 aromatic heterocycles. The molecule has 7 nitrogen and oxygen atoms in total. The zero-order valence-corrected chi connectivity index (χ0v) is 17.0. The Morgan fingerprint density at radius 1 is 1.07 bits per heavy atom. The minimum Gasteiger partial charge on any atom is -0.438 e. The van der Waals surface area contributed by atoms with E-state index in [0.717, 1.165) is 38.9 Å². The molecule has 1 fully saturated rings. The summed E-state index contributed by atoms with van der Waals surface area (Å²) >= 11 is 0. The number of hydrogen-bond donors (Lipinski definition) is 1. The Kier molecular flexibility index (Phi) is 6.88. The molecule has 8 heteroatoms.